The summed E-state index contributed by atoms with van der Waals surface area (Å²) >= 11 is 0. The Balaban J connectivity index is 1.73. The van der Waals surface area contributed by atoms with Gasteiger partial charge in [0.05, 0.1) is 0 Å². The van der Waals surface area contributed by atoms with E-state index in [1.165, 1.54) is 38.5 Å². The van der Waals surface area contributed by atoms with Crippen LogP contribution in [0.25, 0.3) is 0 Å². The molecule has 1 saturated carbocycles. The van der Waals surface area contributed by atoms with Crippen molar-refractivity contribution in [1.82, 2.24) is 15.5 Å². The first kappa shape index (κ1) is 15.1. The standard InChI is InChI=1S/C15H29N5/c16-14(18-13-9-5-1-2-6-10-13)19-15(17)20-11-7-3-4-8-12-20/h13H,1-12H2,(H4,16,17,18,19). The van der Waals surface area contributed by atoms with E-state index in [0.717, 1.165) is 38.8 Å². The van der Waals surface area contributed by atoms with Gasteiger partial charge in [-0.05, 0) is 25.7 Å². The molecular formula is C15H29N5. The first-order valence-electron chi connectivity index (χ1n) is 8.21. The summed E-state index contributed by atoms with van der Waals surface area (Å²) in [6, 6.07) is 0.412. The summed E-state index contributed by atoms with van der Waals surface area (Å²) in [5.41, 5.74) is 0. The van der Waals surface area contributed by atoms with Crippen molar-refractivity contribution >= 4 is 11.9 Å². The van der Waals surface area contributed by atoms with Crippen LogP contribution in [0, 0.1) is 10.8 Å². The predicted octanol–water partition coefficient (Wildman–Crippen LogP) is 2.63. The molecule has 0 atom stereocenters. The van der Waals surface area contributed by atoms with Crippen molar-refractivity contribution in [3.8, 4) is 0 Å². The van der Waals surface area contributed by atoms with Gasteiger partial charge in [0.25, 0.3) is 0 Å². The predicted molar refractivity (Wildman–Crippen MR) is 83.3 cm³/mol. The molecule has 2 rings (SSSR count). The molecule has 0 spiro atoms. The molecule has 0 aromatic carbocycles. The zero-order valence-electron chi connectivity index (χ0n) is 12.5. The minimum Gasteiger partial charge on any atom is -0.353 e. The van der Waals surface area contributed by atoms with E-state index in [2.05, 4.69) is 15.5 Å². The number of rotatable bonds is 1. The highest BCUT2D eigenvalue weighted by Crippen LogP contribution is 2.17. The Hall–Kier alpha value is -1.26. The van der Waals surface area contributed by atoms with E-state index >= 15 is 0 Å². The fraction of sp³-hybridized carbons (Fsp3) is 0.867. The topological polar surface area (TPSA) is 75.0 Å². The van der Waals surface area contributed by atoms with E-state index < -0.39 is 0 Å². The molecule has 0 bridgehead atoms. The largest absolute Gasteiger partial charge is 0.353 e. The average molecular weight is 279 g/mol. The van der Waals surface area contributed by atoms with Crippen LogP contribution in [-0.2, 0) is 0 Å². The Morgan fingerprint density at radius 2 is 1.35 bits per heavy atom. The zero-order valence-corrected chi connectivity index (χ0v) is 12.5. The van der Waals surface area contributed by atoms with Crippen molar-refractivity contribution in [1.29, 1.82) is 10.8 Å². The first-order valence-corrected chi connectivity index (χ1v) is 8.21. The van der Waals surface area contributed by atoms with Gasteiger partial charge in [-0.25, -0.2) is 0 Å². The summed E-state index contributed by atoms with van der Waals surface area (Å²) in [6.07, 6.45) is 12.3. The van der Waals surface area contributed by atoms with Crippen LogP contribution in [0.4, 0.5) is 0 Å². The number of nitrogens with zero attached hydrogens (tertiary/aromatic N) is 1. The summed E-state index contributed by atoms with van der Waals surface area (Å²) in [4.78, 5) is 2.07. The summed E-state index contributed by atoms with van der Waals surface area (Å²) in [5, 5.41) is 22.3. The van der Waals surface area contributed by atoms with Crippen LogP contribution in [0.3, 0.4) is 0 Å². The molecule has 4 N–H and O–H groups in total. The third-order valence-corrected chi connectivity index (χ3v) is 4.37. The number of likely N-dealkylation sites (tertiary alicyclic amines) is 1. The van der Waals surface area contributed by atoms with Crippen LogP contribution >= 0.6 is 0 Å². The molecule has 0 aromatic rings. The van der Waals surface area contributed by atoms with Crippen molar-refractivity contribution in [2.45, 2.75) is 70.3 Å². The third-order valence-electron chi connectivity index (χ3n) is 4.37. The van der Waals surface area contributed by atoms with Gasteiger partial charge in [0, 0.05) is 19.1 Å². The Labute approximate surface area is 122 Å². The lowest BCUT2D eigenvalue weighted by atomic mass is 10.1. The molecule has 1 saturated heterocycles. The van der Waals surface area contributed by atoms with Gasteiger partial charge in [-0.3, -0.25) is 16.1 Å². The van der Waals surface area contributed by atoms with Gasteiger partial charge in [-0.1, -0.05) is 38.5 Å². The summed E-state index contributed by atoms with van der Waals surface area (Å²) in [5.74, 6) is 0.684. The van der Waals surface area contributed by atoms with Crippen LogP contribution in [0.15, 0.2) is 0 Å². The van der Waals surface area contributed by atoms with Crippen LogP contribution in [0.5, 0.6) is 0 Å². The summed E-state index contributed by atoms with van der Waals surface area (Å²) in [6.45, 7) is 1.89. The normalized spacial score (nSPS) is 21.7. The van der Waals surface area contributed by atoms with E-state index in [-0.39, 0.29) is 0 Å². The molecule has 2 fully saturated rings. The minimum atomic E-state index is 0.297. The second-order valence-corrected chi connectivity index (χ2v) is 6.08. The second-order valence-electron chi connectivity index (χ2n) is 6.08. The minimum absolute atomic E-state index is 0.297. The fourth-order valence-electron chi connectivity index (χ4n) is 3.16. The molecule has 0 aromatic heterocycles. The molecule has 1 aliphatic heterocycles. The van der Waals surface area contributed by atoms with E-state index in [4.69, 9.17) is 10.8 Å². The van der Waals surface area contributed by atoms with Gasteiger partial charge in [-0.2, -0.15) is 0 Å². The lowest BCUT2D eigenvalue weighted by molar-refractivity contribution is 0.421. The van der Waals surface area contributed by atoms with Crippen molar-refractivity contribution in [3.05, 3.63) is 0 Å². The maximum absolute atomic E-state index is 8.11. The molecule has 114 valence electrons. The van der Waals surface area contributed by atoms with Crippen molar-refractivity contribution < 1.29 is 0 Å². The Morgan fingerprint density at radius 3 is 1.95 bits per heavy atom. The highest BCUT2D eigenvalue weighted by molar-refractivity contribution is 5.95. The summed E-state index contributed by atoms with van der Waals surface area (Å²) in [7, 11) is 0. The number of guanidine groups is 2. The molecule has 20 heavy (non-hydrogen) atoms. The highest BCUT2D eigenvalue weighted by atomic mass is 15.3. The van der Waals surface area contributed by atoms with Gasteiger partial charge in [0.1, 0.15) is 0 Å². The van der Waals surface area contributed by atoms with E-state index in [0.29, 0.717) is 18.0 Å². The van der Waals surface area contributed by atoms with Crippen molar-refractivity contribution in [2.75, 3.05) is 13.1 Å². The zero-order chi connectivity index (χ0) is 14.2. The van der Waals surface area contributed by atoms with E-state index in [9.17, 15) is 0 Å². The van der Waals surface area contributed by atoms with Gasteiger partial charge >= 0.3 is 0 Å². The van der Waals surface area contributed by atoms with Crippen LogP contribution in [-0.4, -0.2) is 36.0 Å². The lowest BCUT2D eigenvalue weighted by Crippen LogP contribution is -2.50. The Kier molecular flexibility index (Phi) is 6.15. The van der Waals surface area contributed by atoms with Gasteiger partial charge in [0.15, 0.2) is 11.9 Å². The Morgan fingerprint density at radius 1 is 0.800 bits per heavy atom. The lowest BCUT2D eigenvalue weighted by Gasteiger charge is -2.25. The van der Waals surface area contributed by atoms with Gasteiger partial charge in [-0.15, -0.1) is 0 Å². The molecule has 0 unspecified atom stereocenters. The number of hydrogen-bond acceptors (Lipinski definition) is 2. The molecule has 5 nitrogen and oxygen atoms in total. The van der Waals surface area contributed by atoms with E-state index in [1.807, 2.05) is 0 Å². The molecular weight excluding hydrogens is 250 g/mol. The third kappa shape index (κ3) is 5.02. The van der Waals surface area contributed by atoms with Gasteiger partial charge < -0.3 is 10.2 Å². The molecule has 0 radical (unpaired) electrons. The molecule has 1 aliphatic carbocycles. The van der Waals surface area contributed by atoms with E-state index in [1.54, 1.807) is 0 Å². The van der Waals surface area contributed by atoms with Crippen molar-refractivity contribution in [3.63, 3.8) is 0 Å². The smallest absolute Gasteiger partial charge is 0.197 e. The molecule has 5 heteroatoms. The van der Waals surface area contributed by atoms with Crippen molar-refractivity contribution in [2.24, 2.45) is 0 Å². The quantitative estimate of drug-likeness (QED) is 0.339. The van der Waals surface area contributed by atoms with Crippen LogP contribution in [0.2, 0.25) is 0 Å². The first-order chi connectivity index (χ1) is 9.75. The second kappa shape index (κ2) is 8.12. The molecule has 1 heterocycles. The highest BCUT2D eigenvalue weighted by Gasteiger charge is 2.16. The van der Waals surface area contributed by atoms with Crippen LogP contribution in [0.1, 0.15) is 64.2 Å². The summed E-state index contributed by atoms with van der Waals surface area (Å²) < 4.78 is 0. The molecule has 0 amide bonds. The fourth-order valence-corrected chi connectivity index (χ4v) is 3.16. The van der Waals surface area contributed by atoms with Crippen LogP contribution < -0.4 is 10.6 Å². The maximum Gasteiger partial charge on any atom is 0.197 e. The maximum atomic E-state index is 8.11. The average Bonchev–Trinajstić information content (AvgIpc) is 2.82. The monoisotopic (exact) mass is 279 g/mol. The Bertz CT molecular complexity index is 312. The number of nitrogens with one attached hydrogen (secondary N) is 4. The molecule has 2 aliphatic rings. The number of hydrogen-bond donors (Lipinski definition) is 4. The SMILES string of the molecule is N=C(NC(=N)N1CCCCCC1)NC1CCCCCC1. The van der Waals surface area contributed by atoms with Gasteiger partial charge in [0.2, 0.25) is 0 Å².